The second-order valence-electron chi connectivity index (χ2n) is 4.77. The lowest BCUT2D eigenvalue weighted by Crippen LogP contribution is -2.33. The van der Waals surface area contributed by atoms with E-state index in [1.165, 1.54) is 23.1 Å². The highest BCUT2D eigenvalue weighted by Crippen LogP contribution is 2.34. The van der Waals surface area contributed by atoms with Gasteiger partial charge in [0.1, 0.15) is 18.7 Å². The van der Waals surface area contributed by atoms with E-state index >= 15 is 0 Å². The first-order valence-electron chi connectivity index (χ1n) is 7.24. The number of fused-ring (bicyclic) bond motifs is 1. The number of benzene rings is 1. The Labute approximate surface area is 147 Å². The molecule has 1 amide bonds. The lowest BCUT2D eigenvalue weighted by molar-refractivity contribution is -0.116. The third kappa shape index (κ3) is 3.96. The predicted octanol–water partition coefficient (Wildman–Crippen LogP) is 2.35. The predicted molar refractivity (Wildman–Crippen MR) is 90.6 cm³/mol. The lowest BCUT2D eigenvalue weighted by Gasteiger charge is -2.24. The van der Waals surface area contributed by atoms with Crippen LogP contribution in [0.4, 0.5) is 5.69 Å². The fraction of sp³-hybridized carbons (Fsp3) is 0.333. The number of rotatable bonds is 6. The molecule has 0 atom stereocenters. The molecule has 3 rings (SSSR count). The maximum atomic E-state index is 12.6. The van der Waals surface area contributed by atoms with Gasteiger partial charge in [-0.1, -0.05) is 23.1 Å². The highest BCUT2D eigenvalue weighted by atomic mass is 32.2. The van der Waals surface area contributed by atoms with Crippen LogP contribution < -0.4 is 14.4 Å². The van der Waals surface area contributed by atoms with Gasteiger partial charge in [-0.05, 0) is 12.1 Å². The number of hydrogen-bond donors (Lipinski definition) is 0. The number of hydrogen-bond acceptors (Lipinski definition) is 8. The molecule has 7 nitrogen and oxygen atoms in total. The first kappa shape index (κ1) is 16.5. The average Bonchev–Trinajstić information content (AvgIpc) is 3.13. The van der Waals surface area contributed by atoms with Crippen LogP contribution in [-0.2, 0) is 4.79 Å². The number of nitriles is 1. The summed E-state index contributed by atoms with van der Waals surface area (Å²) in [6.07, 6.45) is 0.254. The van der Waals surface area contributed by atoms with E-state index in [0.717, 1.165) is 4.34 Å². The van der Waals surface area contributed by atoms with Gasteiger partial charge in [-0.3, -0.25) is 4.79 Å². The Morgan fingerprint density at radius 1 is 1.38 bits per heavy atom. The summed E-state index contributed by atoms with van der Waals surface area (Å²) in [7, 11) is 0. The Balaban J connectivity index is 1.75. The zero-order chi connectivity index (χ0) is 16.8. The summed E-state index contributed by atoms with van der Waals surface area (Å²) in [5.74, 6) is 1.42. The number of nitrogens with zero attached hydrogens (tertiary/aromatic N) is 4. The molecular weight excluding hydrogens is 348 g/mol. The van der Waals surface area contributed by atoms with Crippen LogP contribution >= 0.6 is 23.1 Å². The Hall–Kier alpha value is -2.31. The molecule has 0 saturated carbocycles. The monoisotopic (exact) mass is 362 g/mol. The number of carbonyl (C=O) groups excluding carboxylic acids is 1. The van der Waals surface area contributed by atoms with Crippen molar-refractivity contribution >= 4 is 34.7 Å². The van der Waals surface area contributed by atoms with Crippen molar-refractivity contribution in [3.05, 3.63) is 23.7 Å². The van der Waals surface area contributed by atoms with Gasteiger partial charge < -0.3 is 14.4 Å². The minimum absolute atomic E-state index is 0.0953. The van der Waals surface area contributed by atoms with E-state index in [0.29, 0.717) is 36.9 Å². The van der Waals surface area contributed by atoms with Crippen molar-refractivity contribution in [3.8, 4) is 17.6 Å². The van der Waals surface area contributed by atoms with E-state index in [-0.39, 0.29) is 18.1 Å². The van der Waals surface area contributed by atoms with Crippen LogP contribution in [0.5, 0.6) is 11.5 Å². The maximum Gasteiger partial charge on any atom is 0.237 e. The van der Waals surface area contributed by atoms with Gasteiger partial charge in [-0.15, -0.1) is 10.2 Å². The summed E-state index contributed by atoms with van der Waals surface area (Å²) in [5, 5.41) is 16.5. The Bertz CT molecular complexity index is 746. The summed E-state index contributed by atoms with van der Waals surface area (Å²) in [6.45, 7) is 1.32. The molecule has 24 heavy (non-hydrogen) atoms. The number of ether oxygens (including phenoxy) is 2. The highest BCUT2D eigenvalue weighted by molar-refractivity contribution is 8.01. The second kappa shape index (κ2) is 7.99. The molecule has 0 bridgehead atoms. The molecule has 0 fully saturated rings. The first-order chi connectivity index (χ1) is 11.8. The van der Waals surface area contributed by atoms with Gasteiger partial charge in [0.05, 0.1) is 18.2 Å². The highest BCUT2D eigenvalue weighted by Gasteiger charge is 2.20. The average molecular weight is 362 g/mol. The smallest absolute Gasteiger partial charge is 0.237 e. The normalized spacial score (nSPS) is 12.5. The van der Waals surface area contributed by atoms with Crippen molar-refractivity contribution in [2.45, 2.75) is 10.8 Å². The fourth-order valence-corrected chi connectivity index (χ4v) is 3.55. The first-order valence-corrected chi connectivity index (χ1v) is 9.10. The molecule has 1 aliphatic rings. The summed E-state index contributed by atoms with van der Waals surface area (Å²) in [5.41, 5.74) is 2.32. The number of aromatic nitrogens is 2. The molecule has 0 unspecified atom stereocenters. The van der Waals surface area contributed by atoms with E-state index in [1.54, 1.807) is 28.6 Å². The quantitative estimate of drug-likeness (QED) is 0.729. The summed E-state index contributed by atoms with van der Waals surface area (Å²) in [6, 6.07) is 7.45. The van der Waals surface area contributed by atoms with E-state index in [1.807, 2.05) is 0 Å². The summed E-state index contributed by atoms with van der Waals surface area (Å²) < 4.78 is 11.8. The number of thioether (sulfide) groups is 1. The minimum Gasteiger partial charge on any atom is -0.486 e. The van der Waals surface area contributed by atoms with Gasteiger partial charge in [-0.2, -0.15) is 5.26 Å². The standard InChI is InChI=1S/C15H14N4O3S2/c16-4-1-5-19(14(20)9-23-15-18-17-10-24-15)11-2-3-12-13(8-11)22-7-6-21-12/h2-3,8,10H,1,5-7,9H2. The van der Waals surface area contributed by atoms with Crippen molar-refractivity contribution in [2.75, 3.05) is 30.4 Å². The second-order valence-corrected chi connectivity index (χ2v) is 6.83. The summed E-state index contributed by atoms with van der Waals surface area (Å²) >= 11 is 2.73. The van der Waals surface area contributed by atoms with Crippen molar-refractivity contribution in [1.82, 2.24) is 10.2 Å². The molecule has 1 aliphatic heterocycles. The molecule has 2 aromatic rings. The van der Waals surface area contributed by atoms with Crippen LogP contribution in [0.3, 0.4) is 0 Å². The van der Waals surface area contributed by atoms with Crippen LogP contribution in [-0.4, -0.2) is 41.6 Å². The Morgan fingerprint density at radius 3 is 2.96 bits per heavy atom. The van der Waals surface area contributed by atoms with Crippen LogP contribution in [0.25, 0.3) is 0 Å². The molecule has 1 aromatic carbocycles. The molecule has 0 saturated heterocycles. The third-order valence-electron chi connectivity index (χ3n) is 3.24. The van der Waals surface area contributed by atoms with E-state index < -0.39 is 0 Å². The van der Waals surface area contributed by atoms with Gasteiger partial charge in [0, 0.05) is 18.3 Å². The van der Waals surface area contributed by atoms with Crippen molar-refractivity contribution in [3.63, 3.8) is 0 Å². The number of anilines is 1. The van der Waals surface area contributed by atoms with Gasteiger partial charge >= 0.3 is 0 Å². The Morgan fingerprint density at radius 2 is 2.21 bits per heavy atom. The SMILES string of the molecule is N#CCCN(C(=O)CSc1nncs1)c1ccc2c(c1)OCCO2. The molecule has 2 heterocycles. The molecule has 0 aliphatic carbocycles. The van der Waals surface area contributed by atoms with Crippen molar-refractivity contribution in [2.24, 2.45) is 0 Å². The molecule has 124 valence electrons. The summed E-state index contributed by atoms with van der Waals surface area (Å²) in [4.78, 5) is 14.2. The third-order valence-corrected chi connectivity index (χ3v) is 5.09. The molecule has 0 spiro atoms. The van der Waals surface area contributed by atoms with E-state index in [9.17, 15) is 4.79 Å². The zero-order valence-electron chi connectivity index (χ0n) is 12.7. The molecule has 0 radical (unpaired) electrons. The number of carbonyl (C=O) groups is 1. The van der Waals surface area contributed by atoms with Crippen LogP contribution in [0.15, 0.2) is 28.0 Å². The molecule has 0 N–H and O–H groups in total. The van der Waals surface area contributed by atoms with Crippen LogP contribution in [0.1, 0.15) is 6.42 Å². The van der Waals surface area contributed by atoms with Gasteiger partial charge in [0.2, 0.25) is 5.91 Å². The van der Waals surface area contributed by atoms with E-state index in [4.69, 9.17) is 14.7 Å². The van der Waals surface area contributed by atoms with Crippen molar-refractivity contribution < 1.29 is 14.3 Å². The fourth-order valence-electron chi connectivity index (χ4n) is 2.19. The Kier molecular flexibility index (Phi) is 5.51. The lowest BCUT2D eigenvalue weighted by atomic mass is 10.2. The largest absolute Gasteiger partial charge is 0.486 e. The van der Waals surface area contributed by atoms with Gasteiger partial charge in [-0.25, -0.2) is 0 Å². The van der Waals surface area contributed by atoms with Crippen LogP contribution in [0, 0.1) is 11.3 Å². The minimum atomic E-state index is -0.0953. The molecular formula is C15H14N4O3S2. The molecule has 9 heteroatoms. The van der Waals surface area contributed by atoms with Crippen molar-refractivity contribution in [1.29, 1.82) is 5.26 Å². The zero-order valence-corrected chi connectivity index (χ0v) is 14.3. The van der Waals surface area contributed by atoms with Gasteiger partial charge in [0.25, 0.3) is 0 Å². The topological polar surface area (TPSA) is 88.3 Å². The van der Waals surface area contributed by atoms with E-state index in [2.05, 4.69) is 16.3 Å². The van der Waals surface area contributed by atoms with Crippen LogP contribution in [0.2, 0.25) is 0 Å². The van der Waals surface area contributed by atoms with Gasteiger partial charge in [0.15, 0.2) is 15.8 Å². The number of amides is 1. The maximum absolute atomic E-state index is 12.6. The molecule has 1 aromatic heterocycles.